The van der Waals surface area contributed by atoms with Gasteiger partial charge in [0.2, 0.25) is 11.8 Å². The summed E-state index contributed by atoms with van der Waals surface area (Å²) in [6, 6.07) is 2.78. The van der Waals surface area contributed by atoms with Gasteiger partial charge in [0.05, 0.1) is 36.7 Å². The third kappa shape index (κ3) is 5.87. The highest BCUT2D eigenvalue weighted by Crippen LogP contribution is 2.31. The van der Waals surface area contributed by atoms with Crippen molar-refractivity contribution >= 4 is 23.4 Å². The van der Waals surface area contributed by atoms with E-state index in [9.17, 15) is 22.8 Å². The van der Waals surface area contributed by atoms with Crippen LogP contribution in [0, 0.1) is 5.92 Å². The number of carbonyl (C=O) groups is 2. The highest BCUT2D eigenvalue weighted by Gasteiger charge is 2.43. The Morgan fingerprint density at radius 1 is 1.23 bits per heavy atom. The second-order valence-corrected chi connectivity index (χ2v) is 8.99. The summed E-state index contributed by atoms with van der Waals surface area (Å²) in [6.07, 6.45) is -3.79. The predicted molar refractivity (Wildman–Crippen MR) is 119 cm³/mol. The van der Waals surface area contributed by atoms with Gasteiger partial charge in [-0.3, -0.25) is 14.7 Å². The molecule has 2 N–H and O–H groups in total. The minimum atomic E-state index is -4.39. The number of methoxy groups -OCH3 is 1. The van der Waals surface area contributed by atoms with E-state index in [-0.39, 0.29) is 42.9 Å². The van der Waals surface area contributed by atoms with Crippen LogP contribution in [0.25, 0.3) is 11.3 Å². The molecule has 0 radical (unpaired) electrons. The van der Waals surface area contributed by atoms with Crippen LogP contribution in [0.15, 0.2) is 18.3 Å². The van der Waals surface area contributed by atoms with Gasteiger partial charge >= 0.3 is 6.18 Å². The van der Waals surface area contributed by atoms with Crippen LogP contribution in [-0.2, 0) is 9.53 Å². The first-order valence-corrected chi connectivity index (χ1v) is 11.6. The zero-order valence-corrected chi connectivity index (χ0v) is 19.7. The number of pyridine rings is 1. The van der Waals surface area contributed by atoms with E-state index in [2.05, 4.69) is 20.5 Å². The Morgan fingerprint density at radius 3 is 2.60 bits per heavy atom. The first-order chi connectivity index (χ1) is 16.7. The molecule has 35 heavy (non-hydrogen) atoms. The number of H-pyrrole nitrogens is 1. The fourth-order valence-corrected chi connectivity index (χ4v) is 4.45. The van der Waals surface area contributed by atoms with E-state index >= 15 is 0 Å². The molecule has 13 heteroatoms. The summed E-state index contributed by atoms with van der Waals surface area (Å²) in [4.78, 5) is 31.2. The average Bonchev–Trinajstić information content (AvgIpc) is 3.34. The molecule has 0 saturated carbocycles. The molecule has 190 valence electrons. The second-order valence-electron chi connectivity index (χ2n) is 8.59. The van der Waals surface area contributed by atoms with Crippen LogP contribution in [0.2, 0.25) is 5.02 Å². The number of likely N-dealkylation sites (tertiary alicyclic amines) is 1. The third-order valence-electron chi connectivity index (χ3n) is 6.26. The van der Waals surface area contributed by atoms with E-state index < -0.39 is 18.3 Å². The molecule has 0 aromatic carbocycles. The Morgan fingerprint density at radius 2 is 1.97 bits per heavy atom. The molecule has 2 aromatic rings. The quantitative estimate of drug-likeness (QED) is 0.633. The van der Waals surface area contributed by atoms with E-state index in [1.54, 1.807) is 17.0 Å². The number of ether oxygens (including phenoxy) is 2. The van der Waals surface area contributed by atoms with Crippen LogP contribution in [0.4, 0.5) is 13.2 Å². The van der Waals surface area contributed by atoms with Gasteiger partial charge in [0, 0.05) is 30.6 Å². The Hall–Kier alpha value is -2.86. The van der Waals surface area contributed by atoms with Crippen LogP contribution in [0.1, 0.15) is 36.2 Å². The van der Waals surface area contributed by atoms with Gasteiger partial charge in [0.15, 0.2) is 6.10 Å². The lowest BCUT2D eigenvalue weighted by molar-refractivity contribution is -0.232. The monoisotopic (exact) mass is 515 g/mol. The molecule has 4 rings (SSSR count). The molecule has 2 saturated heterocycles. The minimum absolute atomic E-state index is 0.164. The third-order valence-corrected chi connectivity index (χ3v) is 6.57. The Balaban J connectivity index is 1.28. The first kappa shape index (κ1) is 25.2. The lowest BCUT2D eigenvalue weighted by Crippen LogP contribution is -2.49. The summed E-state index contributed by atoms with van der Waals surface area (Å²) in [5.41, 5.74) is 1.32. The van der Waals surface area contributed by atoms with Crippen LogP contribution in [-0.4, -0.2) is 77.0 Å². The summed E-state index contributed by atoms with van der Waals surface area (Å²) in [5.74, 6) is -0.430. The van der Waals surface area contributed by atoms with E-state index in [4.69, 9.17) is 21.1 Å². The number of nitrogens with zero attached hydrogens (tertiary/aromatic N) is 3. The standard InChI is InChI=1S/C22H25ClF3N5O4/c1-34-19-8-14(15(23)10-27-19)16-9-17(30-29-16)21(33)31-6-4-12(5-7-31)20(32)28-13-2-3-18(35-11-13)22(24,25)26/h8-10,12-13,18H,2-7,11H2,1H3,(H,28,32)(H,29,30)/t13-,18+/m1/s1. The fourth-order valence-electron chi connectivity index (χ4n) is 4.25. The van der Waals surface area contributed by atoms with Gasteiger partial charge in [0.25, 0.3) is 5.91 Å². The molecule has 4 heterocycles. The molecule has 0 bridgehead atoms. The topological polar surface area (TPSA) is 109 Å². The van der Waals surface area contributed by atoms with Crippen LogP contribution in [0.5, 0.6) is 5.88 Å². The maximum absolute atomic E-state index is 12.9. The first-order valence-electron chi connectivity index (χ1n) is 11.2. The number of piperidine rings is 1. The summed E-state index contributed by atoms with van der Waals surface area (Å²) in [7, 11) is 1.48. The highest BCUT2D eigenvalue weighted by molar-refractivity contribution is 6.33. The van der Waals surface area contributed by atoms with Gasteiger partial charge in [-0.1, -0.05) is 11.6 Å². The maximum atomic E-state index is 12.9. The highest BCUT2D eigenvalue weighted by atomic mass is 35.5. The Labute approximate surface area is 204 Å². The number of rotatable bonds is 5. The Bertz CT molecular complexity index is 1060. The second kappa shape index (κ2) is 10.4. The summed E-state index contributed by atoms with van der Waals surface area (Å²) < 4.78 is 48.1. The molecule has 0 aliphatic carbocycles. The van der Waals surface area contributed by atoms with E-state index in [1.807, 2.05) is 0 Å². The van der Waals surface area contributed by atoms with Crippen molar-refractivity contribution in [3.05, 3.63) is 29.0 Å². The van der Waals surface area contributed by atoms with Crippen molar-refractivity contribution in [1.29, 1.82) is 0 Å². The number of hydrogen-bond acceptors (Lipinski definition) is 6. The normalized spacial score (nSPS) is 21.6. The van der Waals surface area contributed by atoms with Crippen molar-refractivity contribution in [2.24, 2.45) is 5.92 Å². The molecule has 2 atom stereocenters. The van der Waals surface area contributed by atoms with Gasteiger partial charge < -0.3 is 19.7 Å². The smallest absolute Gasteiger partial charge is 0.414 e. The van der Waals surface area contributed by atoms with E-state index in [0.717, 1.165) is 0 Å². The van der Waals surface area contributed by atoms with Gasteiger partial charge in [-0.2, -0.15) is 18.3 Å². The molecule has 2 amide bonds. The van der Waals surface area contributed by atoms with Crippen molar-refractivity contribution in [3.8, 4) is 17.1 Å². The van der Waals surface area contributed by atoms with Gasteiger partial charge in [-0.05, 0) is 31.7 Å². The van der Waals surface area contributed by atoms with Crippen molar-refractivity contribution in [2.75, 3.05) is 26.8 Å². The fraction of sp³-hybridized carbons (Fsp3) is 0.545. The number of carbonyl (C=O) groups excluding carboxylic acids is 2. The number of aromatic amines is 1. The number of hydrogen-bond donors (Lipinski definition) is 2. The molecule has 0 spiro atoms. The molecule has 2 fully saturated rings. The predicted octanol–water partition coefficient (Wildman–Crippen LogP) is 3.21. The van der Waals surface area contributed by atoms with Crippen LogP contribution >= 0.6 is 11.6 Å². The lowest BCUT2D eigenvalue weighted by atomic mass is 9.94. The number of nitrogens with one attached hydrogen (secondary N) is 2. The number of halogens is 4. The Kier molecular flexibility index (Phi) is 7.50. The largest absolute Gasteiger partial charge is 0.481 e. The van der Waals surface area contributed by atoms with Crippen molar-refractivity contribution in [2.45, 2.75) is 44.0 Å². The lowest BCUT2D eigenvalue weighted by Gasteiger charge is -2.34. The SMILES string of the molecule is COc1cc(-c2cc(C(=O)N3CCC(C(=O)N[C@@H]4CC[C@@H](C(F)(F)F)OC4)CC3)[nH]n2)c(Cl)cn1. The van der Waals surface area contributed by atoms with Crippen molar-refractivity contribution in [3.63, 3.8) is 0 Å². The van der Waals surface area contributed by atoms with E-state index in [1.165, 1.54) is 13.3 Å². The van der Waals surface area contributed by atoms with Gasteiger partial charge in [-0.25, -0.2) is 4.98 Å². The van der Waals surface area contributed by atoms with Crippen molar-refractivity contribution < 1.29 is 32.2 Å². The summed E-state index contributed by atoms with van der Waals surface area (Å²) >= 11 is 6.20. The molecule has 2 aliphatic rings. The number of alkyl halides is 3. The molecular formula is C22H25ClF3N5O4. The summed E-state index contributed by atoms with van der Waals surface area (Å²) in [6.45, 7) is 0.571. The zero-order chi connectivity index (χ0) is 25.2. The van der Waals surface area contributed by atoms with Crippen LogP contribution < -0.4 is 10.1 Å². The summed E-state index contributed by atoms with van der Waals surface area (Å²) in [5, 5.41) is 10.1. The molecule has 9 nitrogen and oxygen atoms in total. The van der Waals surface area contributed by atoms with Gasteiger partial charge in [0.1, 0.15) is 5.69 Å². The molecular weight excluding hydrogens is 491 g/mol. The zero-order valence-electron chi connectivity index (χ0n) is 18.9. The van der Waals surface area contributed by atoms with Crippen molar-refractivity contribution in [1.82, 2.24) is 25.4 Å². The minimum Gasteiger partial charge on any atom is -0.481 e. The number of amides is 2. The molecule has 2 aromatic heterocycles. The molecule has 2 aliphatic heterocycles. The van der Waals surface area contributed by atoms with Crippen LogP contribution in [0.3, 0.4) is 0 Å². The number of aromatic nitrogens is 3. The van der Waals surface area contributed by atoms with E-state index in [0.29, 0.717) is 48.1 Å². The molecule has 0 unspecified atom stereocenters. The maximum Gasteiger partial charge on any atom is 0.414 e. The average molecular weight is 516 g/mol. The van der Waals surface area contributed by atoms with Gasteiger partial charge in [-0.15, -0.1) is 0 Å².